The minimum atomic E-state index is -3.80. The van der Waals surface area contributed by atoms with Crippen LogP contribution < -0.4 is 4.74 Å². The molecule has 10 heteroatoms. The average Bonchev–Trinajstić information content (AvgIpc) is 2.67. The van der Waals surface area contributed by atoms with Crippen LogP contribution in [-0.4, -0.2) is 63.3 Å². The number of hydrogen-bond donors (Lipinski definition) is 0. The summed E-state index contributed by atoms with van der Waals surface area (Å²) in [6.45, 7) is 1.94. The van der Waals surface area contributed by atoms with Crippen molar-refractivity contribution in [2.45, 2.75) is 30.3 Å². The van der Waals surface area contributed by atoms with Gasteiger partial charge in [-0.25, -0.2) is 8.42 Å². The smallest absolute Gasteiger partial charge is 0.312 e. The fourth-order valence-corrected chi connectivity index (χ4v) is 4.41. The Balaban J connectivity index is 1.78. The Labute approximate surface area is 152 Å². The van der Waals surface area contributed by atoms with Gasteiger partial charge in [-0.2, -0.15) is 4.31 Å². The fourth-order valence-electron chi connectivity index (χ4n) is 2.98. The first-order valence-electron chi connectivity index (χ1n) is 8.59. The largest absolute Gasteiger partial charge is 0.484 e. The van der Waals surface area contributed by atoms with Crippen LogP contribution >= 0.6 is 0 Å². The molecule has 3 rings (SSSR count). The highest BCUT2D eigenvalue weighted by molar-refractivity contribution is 7.89. The van der Waals surface area contributed by atoms with Gasteiger partial charge in [0.15, 0.2) is 5.75 Å². The molecule has 2 saturated heterocycles. The Bertz CT molecular complexity index is 741. The van der Waals surface area contributed by atoms with E-state index in [0.29, 0.717) is 19.8 Å². The van der Waals surface area contributed by atoms with Crippen LogP contribution in [0.5, 0.6) is 5.75 Å². The first kappa shape index (κ1) is 19.0. The van der Waals surface area contributed by atoms with E-state index in [0.717, 1.165) is 25.3 Å². The third-order valence-corrected chi connectivity index (χ3v) is 6.33. The molecule has 2 aliphatic rings. The number of sulfonamides is 1. The van der Waals surface area contributed by atoms with Gasteiger partial charge in [0, 0.05) is 25.8 Å². The maximum absolute atomic E-state index is 12.7. The lowest BCUT2D eigenvalue weighted by Gasteiger charge is -2.26. The monoisotopic (exact) mass is 386 g/mol. The van der Waals surface area contributed by atoms with E-state index in [2.05, 4.69) is 0 Å². The lowest BCUT2D eigenvalue weighted by atomic mass is 10.1. The molecule has 0 spiro atoms. The van der Waals surface area contributed by atoms with Crippen molar-refractivity contribution < 1.29 is 27.6 Å². The molecule has 2 aliphatic heterocycles. The van der Waals surface area contributed by atoms with Crippen molar-refractivity contribution in [1.29, 1.82) is 0 Å². The number of benzene rings is 1. The molecule has 2 heterocycles. The molecule has 1 aromatic rings. The second kappa shape index (κ2) is 8.30. The van der Waals surface area contributed by atoms with Crippen LogP contribution in [0, 0.1) is 10.1 Å². The molecule has 0 aromatic heterocycles. The second-order valence-corrected chi connectivity index (χ2v) is 8.14. The van der Waals surface area contributed by atoms with E-state index in [1.807, 2.05) is 0 Å². The van der Waals surface area contributed by atoms with E-state index in [1.165, 1.54) is 16.4 Å². The Hall–Kier alpha value is -1.75. The van der Waals surface area contributed by atoms with Gasteiger partial charge in [0.05, 0.1) is 29.1 Å². The van der Waals surface area contributed by atoms with Crippen molar-refractivity contribution in [2.75, 3.05) is 39.5 Å². The van der Waals surface area contributed by atoms with Gasteiger partial charge in [0.2, 0.25) is 10.0 Å². The molecular formula is C16H22N2O7S. The average molecular weight is 386 g/mol. The normalized spacial score (nSPS) is 22.1. The summed E-state index contributed by atoms with van der Waals surface area (Å²) >= 11 is 0. The summed E-state index contributed by atoms with van der Waals surface area (Å²) in [5.41, 5.74) is -0.366. The van der Waals surface area contributed by atoms with E-state index in [1.54, 1.807) is 0 Å². The van der Waals surface area contributed by atoms with Crippen molar-refractivity contribution in [1.82, 2.24) is 4.31 Å². The van der Waals surface area contributed by atoms with Gasteiger partial charge >= 0.3 is 5.69 Å². The molecular weight excluding hydrogens is 364 g/mol. The SMILES string of the molecule is O=[N+]([O-])c1cc(S(=O)(=O)N2CCOCC2)ccc1OC[C@H]1CCCCO1. The van der Waals surface area contributed by atoms with Gasteiger partial charge in [-0.05, 0) is 31.4 Å². The van der Waals surface area contributed by atoms with Crippen LogP contribution in [0.1, 0.15) is 19.3 Å². The summed E-state index contributed by atoms with van der Waals surface area (Å²) in [7, 11) is -3.80. The molecule has 26 heavy (non-hydrogen) atoms. The van der Waals surface area contributed by atoms with Crippen molar-refractivity contribution in [2.24, 2.45) is 0 Å². The van der Waals surface area contributed by atoms with Crippen molar-refractivity contribution >= 4 is 15.7 Å². The second-order valence-electron chi connectivity index (χ2n) is 6.20. The maximum Gasteiger partial charge on any atom is 0.312 e. The van der Waals surface area contributed by atoms with Crippen LogP contribution in [0.2, 0.25) is 0 Å². The summed E-state index contributed by atoms with van der Waals surface area (Å²) in [4.78, 5) is 10.6. The van der Waals surface area contributed by atoms with Gasteiger partial charge in [0.25, 0.3) is 0 Å². The molecule has 0 saturated carbocycles. The third-order valence-electron chi connectivity index (χ3n) is 4.43. The highest BCUT2D eigenvalue weighted by Gasteiger charge is 2.29. The number of rotatable bonds is 6. The minimum absolute atomic E-state index is 0.0464. The quantitative estimate of drug-likeness (QED) is 0.539. The predicted octanol–water partition coefficient (Wildman–Crippen LogP) is 1.56. The van der Waals surface area contributed by atoms with E-state index in [4.69, 9.17) is 14.2 Å². The summed E-state index contributed by atoms with van der Waals surface area (Å²) in [5, 5.41) is 11.4. The third kappa shape index (κ3) is 4.32. The van der Waals surface area contributed by atoms with Crippen LogP contribution in [0.3, 0.4) is 0 Å². The summed E-state index contributed by atoms with van der Waals surface area (Å²) in [6, 6.07) is 3.74. The number of hydrogen-bond acceptors (Lipinski definition) is 7. The van der Waals surface area contributed by atoms with Crippen LogP contribution in [-0.2, 0) is 19.5 Å². The Morgan fingerprint density at radius 3 is 2.65 bits per heavy atom. The number of nitrogens with zero attached hydrogens (tertiary/aromatic N) is 2. The Kier molecular flexibility index (Phi) is 6.07. The standard InChI is InChI=1S/C16H22N2O7S/c19-18(20)15-11-14(26(21,22)17-6-9-23-10-7-17)4-5-16(15)25-12-13-3-1-2-8-24-13/h4-5,11,13H,1-3,6-10,12H2/t13-/m1/s1. The number of morpholine rings is 1. The zero-order valence-electron chi connectivity index (χ0n) is 14.3. The molecule has 144 valence electrons. The molecule has 0 N–H and O–H groups in total. The highest BCUT2D eigenvalue weighted by atomic mass is 32.2. The lowest BCUT2D eigenvalue weighted by Crippen LogP contribution is -2.40. The molecule has 1 aromatic carbocycles. The maximum atomic E-state index is 12.7. The van der Waals surface area contributed by atoms with Gasteiger partial charge in [-0.15, -0.1) is 0 Å². The zero-order valence-corrected chi connectivity index (χ0v) is 15.2. The number of nitro benzene ring substituents is 1. The first-order chi connectivity index (χ1) is 12.5. The topological polar surface area (TPSA) is 108 Å². The summed E-state index contributed by atoms with van der Waals surface area (Å²) in [6.07, 6.45) is 2.79. The van der Waals surface area contributed by atoms with Crippen LogP contribution in [0.4, 0.5) is 5.69 Å². The lowest BCUT2D eigenvalue weighted by molar-refractivity contribution is -0.386. The van der Waals surface area contributed by atoms with Crippen molar-refractivity contribution in [3.8, 4) is 5.75 Å². The fraction of sp³-hybridized carbons (Fsp3) is 0.625. The molecule has 0 bridgehead atoms. The Morgan fingerprint density at radius 2 is 2.00 bits per heavy atom. The van der Waals surface area contributed by atoms with Crippen molar-refractivity contribution in [3.63, 3.8) is 0 Å². The van der Waals surface area contributed by atoms with Gasteiger partial charge in [-0.1, -0.05) is 0 Å². The van der Waals surface area contributed by atoms with E-state index >= 15 is 0 Å². The molecule has 0 aliphatic carbocycles. The molecule has 0 radical (unpaired) electrons. The molecule has 1 atom stereocenters. The van der Waals surface area contributed by atoms with Crippen LogP contribution in [0.25, 0.3) is 0 Å². The molecule has 0 unspecified atom stereocenters. The molecule has 0 amide bonds. The number of ether oxygens (including phenoxy) is 3. The van der Waals surface area contributed by atoms with Gasteiger partial charge in [0.1, 0.15) is 6.61 Å². The molecule has 2 fully saturated rings. The predicted molar refractivity (Wildman–Crippen MR) is 91.8 cm³/mol. The Morgan fingerprint density at radius 1 is 1.23 bits per heavy atom. The first-order valence-corrected chi connectivity index (χ1v) is 10.0. The zero-order chi connectivity index (χ0) is 18.6. The minimum Gasteiger partial charge on any atom is -0.484 e. The van der Waals surface area contributed by atoms with E-state index in [-0.39, 0.29) is 42.1 Å². The van der Waals surface area contributed by atoms with Crippen LogP contribution in [0.15, 0.2) is 23.1 Å². The van der Waals surface area contributed by atoms with Gasteiger partial charge < -0.3 is 14.2 Å². The van der Waals surface area contributed by atoms with E-state index in [9.17, 15) is 18.5 Å². The van der Waals surface area contributed by atoms with Crippen molar-refractivity contribution in [3.05, 3.63) is 28.3 Å². The highest BCUT2D eigenvalue weighted by Crippen LogP contribution is 2.31. The number of nitro groups is 1. The van der Waals surface area contributed by atoms with Gasteiger partial charge in [-0.3, -0.25) is 10.1 Å². The van der Waals surface area contributed by atoms with E-state index < -0.39 is 14.9 Å². The summed E-state index contributed by atoms with van der Waals surface area (Å²) < 4.78 is 42.9. The summed E-state index contributed by atoms with van der Waals surface area (Å²) in [5.74, 6) is 0.0464. The molecule has 9 nitrogen and oxygen atoms in total.